The van der Waals surface area contributed by atoms with Gasteiger partial charge in [0.05, 0.1) is 12.0 Å². The average Bonchev–Trinajstić information content (AvgIpc) is 3.20. The van der Waals surface area contributed by atoms with E-state index in [0.717, 1.165) is 35.7 Å². The molecular weight excluding hydrogens is 356 g/mol. The van der Waals surface area contributed by atoms with Gasteiger partial charge in [0.1, 0.15) is 0 Å². The van der Waals surface area contributed by atoms with E-state index in [2.05, 4.69) is 22.0 Å². The van der Waals surface area contributed by atoms with Crippen molar-refractivity contribution in [1.29, 1.82) is 5.26 Å². The molecule has 3 atom stereocenters. The first-order valence-corrected chi connectivity index (χ1v) is 8.95. The first-order valence-electron chi connectivity index (χ1n) is 8.15. The minimum atomic E-state index is -1.15. The van der Waals surface area contributed by atoms with E-state index >= 15 is 0 Å². The standard InChI is InChI=1S/C18H17BrN2O2/c19-12-8-6-11(7-9-12)14-15-16(22)21(13-4-2-1-3-5-13)17(23)18(14,15)10-20/h6-9,13-15H,1-5H2/t14-,15+,18+/m1/s1. The smallest absolute Gasteiger partial charge is 0.251 e. The Kier molecular flexibility index (Phi) is 3.35. The van der Waals surface area contributed by atoms with Crippen molar-refractivity contribution in [2.45, 2.75) is 44.1 Å². The van der Waals surface area contributed by atoms with E-state index in [1.807, 2.05) is 24.3 Å². The van der Waals surface area contributed by atoms with Crippen LogP contribution < -0.4 is 0 Å². The molecule has 0 bridgehead atoms. The molecule has 1 aromatic rings. The van der Waals surface area contributed by atoms with E-state index < -0.39 is 11.3 Å². The van der Waals surface area contributed by atoms with Crippen molar-refractivity contribution in [2.75, 3.05) is 0 Å². The van der Waals surface area contributed by atoms with Gasteiger partial charge in [0.25, 0.3) is 5.91 Å². The summed E-state index contributed by atoms with van der Waals surface area (Å²) in [5, 5.41) is 9.70. The van der Waals surface area contributed by atoms with E-state index in [4.69, 9.17) is 0 Å². The lowest BCUT2D eigenvalue weighted by atomic mass is 9.92. The number of nitrogens with zero attached hydrogens (tertiary/aromatic N) is 2. The predicted octanol–water partition coefficient (Wildman–Crippen LogP) is 3.37. The van der Waals surface area contributed by atoms with Gasteiger partial charge in [0.2, 0.25) is 5.91 Å². The molecule has 2 aliphatic carbocycles. The van der Waals surface area contributed by atoms with Crippen LogP contribution in [0.5, 0.6) is 0 Å². The Balaban J connectivity index is 1.65. The molecule has 0 aromatic heterocycles. The van der Waals surface area contributed by atoms with E-state index in [9.17, 15) is 14.9 Å². The number of likely N-dealkylation sites (tertiary alicyclic amines) is 1. The Hall–Kier alpha value is -1.67. The van der Waals surface area contributed by atoms with Crippen LogP contribution in [-0.2, 0) is 9.59 Å². The highest BCUT2D eigenvalue weighted by molar-refractivity contribution is 9.10. The third kappa shape index (κ3) is 1.94. The van der Waals surface area contributed by atoms with Crippen LogP contribution in [0, 0.1) is 22.7 Å². The minimum absolute atomic E-state index is 0.00680. The number of fused-ring (bicyclic) bond motifs is 1. The number of imide groups is 1. The summed E-state index contributed by atoms with van der Waals surface area (Å²) in [6.45, 7) is 0. The molecule has 1 aromatic carbocycles. The lowest BCUT2D eigenvalue weighted by Gasteiger charge is -2.31. The maximum absolute atomic E-state index is 12.9. The van der Waals surface area contributed by atoms with E-state index in [1.165, 1.54) is 11.3 Å². The Labute approximate surface area is 143 Å². The van der Waals surface area contributed by atoms with Gasteiger partial charge in [-0.1, -0.05) is 47.3 Å². The molecule has 23 heavy (non-hydrogen) atoms. The molecule has 4 nitrogen and oxygen atoms in total. The van der Waals surface area contributed by atoms with Gasteiger partial charge in [-0.25, -0.2) is 0 Å². The molecule has 5 heteroatoms. The molecule has 1 aliphatic heterocycles. The number of piperidine rings is 1. The van der Waals surface area contributed by atoms with Gasteiger partial charge in [-0.05, 0) is 30.5 Å². The maximum Gasteiger partial charge on any atom is 0.251 e. The highest BCUT2D eigenvalue weighted by atomic mass is 79.9. The fraction of sp³-hybridized carbons (Fsp3) is 0.500. The Morgan fingerprint density at radius 1 is 1.09 bits per heavy atom. The van der Waals surface area contributed by atoms with Crippen LogP contribution in [-0.4, -0.2) is 22.8 Å². The molecule has 1 heterocycles. The summed E-state index contributed by atoms with van der Waals surface area (Å²) >= 11 is 3.39. The Morgan fingerprint density at radius 3 is 2.30 bits per heavy atom. The maximum atomic E-state index is 12.9. The summed E-state index contributed by atoms with van der Waals surface area (Å²) < 4.78 is 0.944. The summed E-state index contributed by atoms with van der Waals surface area (Å²) in [7, 11) is 0. The first kappa shape index (κ1) is 14.9. The topological polar surface area (TPSA) is 61.2 Å². The predicted molar refractivity (Wildman–Crippen MR) is 87.1 cm³/mol. The number of amides is 2. The molecule has 118 valence electrons. The number of hydrogen-bond acceptors (Lipinski definition) is 3. The SMILES string of the molecule is N#C[C@@]12C(=O)N(C3CCCCC3)C(=O)[C@@H]1[C@H]2c1ccc(Br)cc1. The number of nitriles is 1. The largest absolute Gasteiger partial charge is 0.278 e. The quantitative estimate of drug-likeness (QED) is 0.747. The second-order valence-electron chi connectivity index (χ2n) is 6.79. The van der Waals surface area contributed by atoms with Crippen LogP contribution in [0.25, 0.3) is 0 Å². The van der Waals surface area contributed by atoms with Crippen LogP contribution in [0.15, 0.2) is 28.7 Å². The molecule has 2 amide bonds. The molecule has 3 fully saturated rings. The zero-order valence-electron chi connectivity index (χ0n) is 12.7. The highest BCUT2D eigenvalue weighted by Gasteiger charge is 2.81. The summed E-state index contributed by atoms with van der Waals surface area (Å²) in [6.07, 6.45) is 5.05. The van der Waals surface area contributed by atoms with Crippen molar-refractivity contribution in [1.82, 2.24) is 4.90 Å². The van der Waals surface area contributed by atoms with Gasteiger partial charge in [0, 0.05) is 16.4 Å². The summed E-state index contributed by atoms with van der Waals surface area (Å²) in [5.74, 6) is -1.14. The molecule has 2 saturated carbocycles. The van der Waals surface area contributed by atoms with Gasteiger partial charge in [-0.15, -0.1) is 0 Å². The van der Waals surface area contributed by atoms with E-state index in [1.54, 1.807) is 0 Å². The normalized spacial score (nSPS) is 33.5. The molecule has 1 saturated heterocycles. The van der Waals surface area contributed by atoms with Crippen LogP contribution in [0.4, 0.5) is 0 Å². The van der Waals surface area contributed by atoms with E-state index in [0.29, 0.717) is 0 Å². The molecular formula is C18H17BrN2O2. The number of carbonyl (C=O) groups excluding carboxylic acids is 2. The van der Waals surface area contributed by atoms with Gasteiger partial charge in [-0.2, -0.15) is 5.26 Å². The van der Waals surface area contributed by atoms with Crippen LogP contribution >= 0.6 is 15.9 Å². The third-order valence-corrected chi connectivity index (χ3v) is 6.16. The molecule has 0 radical (unpaired) electrons. The average molecular weight is 373 g/mol. The fourth-order valence-corrected chi connectivity index (χ4v) is 4.70. The van der Waals surface area contributed by atoms with Crippen LogP contribution in [0.1, 0.15) is 43.6 Å². The number of rotatable bonds is 2. The Bertz CT molecular complexity index is 718. The Morgan fingerprint density at radius 2 is 1.74 bits per heavy atom. The number of halogens is 1. The lowest BCUT2D eigenvalue weighted by molar-refractivity contribution is -0.145. The number of benzene rings is 1. The van der Waals surface area contributed by atoms with Crippen LogP contribution in [0.3, 0.4) is 0 Å². The molecule has 0 unspecified atom stereocenters. The second-order valence-corrected chi connectivity index (χ2v) is 7.71. The van der Waals surface area contributed by atoms with Crippen molar-refractivity contribution >= 4 is 27.7 Å². The van der Waals surface area contributed by atoms with Crippen molar-refractivity contribution in [2.24, 2.45) is 11.3 Å². The summed E-state index contributed by atoms with van der Waals surface area (Å²) in [4.78, 5) is 27.2. The zero-order chi connectivity index (χ0) is 16.2. The lowest BCUT2D eigenvalue weighted by Crippen LogP contribution is -2.45. The molecule has 3 aliphatic rings. The van der Waals surface area contributed by atoms with Gasteiger partial charge < -0.3 is 0 Å². The van der Waals surface area contributed by atoms with Crippen molar-refractivity contribution in [3.05, 3.63) is 34.3 Å². The third-order valence-electron chi connectivity index (χ3n) is 5.64. The highest BCUT2D eigenvalue weighted by Crippen LogP contribution is 2.69. The van der Waals surface area contributed by atoms with Gasteiger partial charge >= 0.3 is 0 Å². The second kappa shape index (κ2) is 5.17. The van der Waals surface area contributed by atoms with Crippen molar-refractivity contribution in [3.8, 4) is 6.07 Å². The minimum Gasteiger partial charge on any atom is -0.278 e. The fourth-order valence-electron chi connectivity index (χ4n) is 4.44. The number of hydrogen-bond donors (Lipinski definition) is 0. The molecule has 4 rings (SSSR count). The monoisotopic (exact) mass is 372 g/mol. The van der Waals surface area contributed by atoms with Crippen molar-refractivity contribution in [3.63, 3.8) is 0 Å². The van der Waals surface area contributed by atoms with Crippen molar-refractivity contribution < 1.29 is 9.59 Å². The molecule has 0 spiro atoms. The van der Waals surface area contributed by atoms with Gasteiger partial charge in [0.15, 0.2) is 5.41 Å². The summed E-state index contributed by atoms with van der Waals surface area (Å²) in [6, 6.07) is 9.79. The number of carbonyl (C=O) groups is 2. The summed E-state index contributed by atoms with van der Waals surface area (Å²) in [5.41, 5.74) is -0.243. The van der Waals surface area contributed by atoms with E-state index in [-0.39, 0.29) is 23.8 Å². The first-order chi connectivity index (χ1) is 11.1. The zero-order valence-corrected chi connectivity index (χ0v) is 14.3. The van der Waals surface area contributed by atoms with Gasteiger partial charge in [-0.3, -0.25) is 14.5 Å². The molecule has 0 N–H and O–H groups in total. The van der Waals surface area contributed by atoms with Crippen LogP contribution in [0.2, 0.25) is 0 Å².